The molecule has 0 heterocycles. The van der Waals surface area contributed by atoms with Gasteiger partial charge in [-0.1, -0.05) is 35.3 Å². The van der Waals surface area contributed by atoms with Gasteiger partial charge in [0, 0.05) is 18.7 Å². The minimum atomic E-state index is -0.554. The van der Waals surface area contributed by atoms with Crippen molar-refractivity contribution in [3.8, 4) is 5.75 Å². The minimum Gasteiger partial charge on any atom is -0.508 e. The molecule has 2 rings (SSSR count). The van der Waals surface area contributed by atoms with E-state index in [-0.39, 0.29) is 21.5 Å². The molecule has 0 aliphatic heterocycles. The van der Waals surface area contributed by atoms with E-state index in [1.807, 2.05) is 0 Å². The molecule has 0 spiro atoms. The summed E-state index contributed by atoms with van der Waals surface area (Å²) < 4.78 is 0. The van der Waals surface area contributed by atoms with Gasteiger partial charge in [-0.05, 0) is 17.7 Å². The Labute approximate surface area is 124 Å². The van der Waals surface area contributed by atoms with E-state index >= 15 is 0 Å². The zero-order chi connectivity index (χ0) is 14.7. The second kappa shape index (κ2) is 5.98. The van der Waals surface area contributed by atoms with Gasteiger partial charge < -0.3 is 10.4 Å². The Balaban J connectivity index is 2.17. The van der Waals surface area contributed by atoms with Gasteiger partial charge in [0.05, 0.1) is 20.7 Å². The van der Waals surface area contributed by atoms with E-state index in [4.69, 9.17) is 23.2 Å². The number of nitrogens with one attached hydrogen (secondary N) is 1. The number of anilines is 1. The first kappa shape index (κ1) is 14.4. The van der Waals surface area contributed by atoms with Crippen LogP contribution >= 0.6 is 23.2 Å². The van der Waals surface area contributed by atoms with Crippen molar-refractivity contribution in [1.82, 2.24) is 0 Å². The van der Waals surface area contributed by atoms with Crippen molar-refractivity contribution in [3.05, 3.63) is 62.1 Å². The summed E-state index contributed by atoms with van der Waals surface area (Å²) in [6.45, 7) is 0.428. The Morgan fingerprint density at radius 1 is 1.15 bits per heavy atom. The molecule has 0 aliphatic carbocycles. The summed E-state index contributed by atoms with van der Waals surface area (Å²) in [5.41, 5.74) is 1.19. The highest BCUT2D eigenvalue weighted by Crippen LogP contribution is 2.34. The molecule has 0 atom stereocenters. The van der Waals surface area contributed by atoms with E-state index in [9.17, 15) is 15.2 Å². The van der Waals surface area contributed by atoms with Crippen molar-refractivity contribution in [2.24, 2.45) is 0 Å². The van der Waals surface area contributed by atoms with Crippen molar-refractivity contribution >= 4 is 34.6 Å². The molecule has 5 nitrogen and oxygen atoms in total. The number of nitro groups is 1. The average Bonchev–Trinajstić information content (AvgIpc) is 2.39. The molecule has 0 aromatic heterocycles. The molecule has 2 aromatic rings. The third-order valence-corrected chi connectivity index (χ3v) is 3.24. The fourth-order valence-corrected chi connectivity index (χ4v) is 2.25. The number of nitrogens with zero attached hydrogens (tertiary/aromatic N) is 1. The average molecular weight is 313 g/mol. The van der Waals surface area contributed by atoms with E-state index in [1.54, 1.807) is 24.3 Å². The van der Waals surface area contributed by atoms with Gasteiger partial charge in [-0.2, -0.15) is 0 Å². The van der Waals surface area contributed by atoms with Crippen LogP contribution in [0.1, 0.15) is 5.56 Å². The van der Waals surface area contributed by atoms with Gasteiger partial charge in [0.1, 0.15) is 5.75 Å². The van der Waals surface area contributed by atoms with E-state index < -0.39 is 4.92 Å². The lowest BCUT2D eigenvalue weighted by Crippen LogP contribution is -2.01. The second-order valence-corrected chi connectivity index (χ2v) is 4.88. The van der Waals surface area contributed by atoms with E-state index in [0.29, 0.717) is 12.2 Å². The van der Waals surface area contributed by atoms with Crippen molar-refractivity contribution in [3.63, 3.8) is 0 Å². The van der Waals surface area contributed by atoms with Crippen LogP contribution in [0.25, 0.3) is 0 Å². The summed E-state index contributed by atoms with van der Waals surface area (Å²) in [6, 6.07) is 9.11. The first-order chi connectivity index (χ1) is 9.47. The first-order valence-corrected chi connectivity index (χ1v) is 6.38. The fourth-order valence-electron chi connectivity index (χ4n) is 1.64. The van der Waals surface area contributed by atoms with E-state index in [0.717, 1.165) is 5.56 Å². The zero-order valence-corrected chi connectivity index (χ0v) is 11.6. The lowest BCUT2D eigenvalue weighted by atomic mass is 10.2. The highest BCUT2D eigenvalue weighted by molar-refractivity contribution is 6.39. The molecule has 104 valence electrons. The standard InChI is InChI=1S/C13H10Cl2N2O3/c14-11-5-9(17(19)20)6-12(15)13(11)16-7-8-1-3-10(18)4-2-8/h1-6,16,18H,7H2. The predicted molar refractivity (Wildman–Crippen MR) is 78.5 cm³/mol. The van der Waals surface area contributed by atoms with Crippen molar-refractivity contribution < 1.29 is 10.0 Å². The quantitative estimate of drug-likeness (QED) is 0.654. The molecule has 0 amide bonds. The van der Waals surface area contributed by atoms with Gasteiger partial charge in [-0.3, -0.25) is 10.1 Å². The molecule has 0 fully saturated rings. The number of phenols is 1. The Bertz CT molecular complexity index is 622. The number of aromatic hydroxyl groups is 1. The van der Waals surface area contributed by atoms with Crippen molar-refractivity contribution in [2.75, 3.05) is 5.32 Å². The second-order valence-electron chi connectivity index (χ2n) is 4.06. The number of phenolic OH excluding ortho intramolecular Hbond substituents is 1. The molecule has 0 saturated carbocycles. The van der Waals surface area contributed by atoms with Crippen LogP contribution in [-0.2, 0) is 6.54 Å². The number of hydrogen-bond acceptors (Lipinski definition) is 4. The molecule has 0 saturated heterocycles. The van der Waals surface area contributed by atoms with Gasteiger partial charge in [0.25, 0.3) is 5.69 Å². The summed E-state index contributed by atoms with van der Waals surface area (Å²) in [7, 11) is 0. The van der Waals surface area contributed by atoms with E-state index in [2.05, 4.69) is 5.32 Å². The van der Waals surface area contributed by atoms with E-state index in [1.165, 1.54) is 12.1 Å². The van der Waals surface area contributed by atoms with Gasteiger partial charge in [0.15, 0.2) is 0 Å². The molecule has 20 heavy (non-hydrogen) atoms. The van der Waals surface area contributed by atoms with Gasteiger partial charge in [0.2, 0.25) is 0 Å². The molecule has 2 N–H and O–H groups in total. The number of non-ortho nitro benzene ring substituents is 1. The maximum absolute atomic E-state index is 10.7. The van der Waals surface area contributed by atoms with Crippen LogP contribution in [0, 0.1) is 10.1 Å². The van der Waals surface area contributed by atoms with Crippen LogP contribution in [-0.4, -0.2) is 10.0 Å². The number of benzene rings is 2. The molecular weight excluding hydrogens is 303 g/mol. The minimum absolute atomic E-state index is 0.157. The molecule has 0 aliphatic rings. The smallest absolute Gasteiger partial charge is 0.272 e. The number of hydrogen-bond donors (Lipinski definition) is 2. The maximum atomic E-state index is 10.7. The third kappa shape index (κ3) is 3.31. The number of halogens is 2. The molecule has 0 bridgehead atoms. The normalized spacial score (nSPS) is 10.3. The summed E-state index contributed by atoms with van der Waals surface area (Å²) >= 11 is 12.0. The van der Waals surface area contributed by atoms with Gasteiger partial charge >= 0.3 is 0 Å². The topological polar surface area (TPSA) is 75.4 Å². The lowest BCUT2D eigenvalue weighted by Gasteiger charge is -2.10. The predicted octanol–water partition coefficient (Wildman–Crippen LogP) is 4.22. The van der Waals surface area contributed by atoms with Crippen LogP contribution in [0.2, 0.25) is 10.0 Å². The summed E-state index contributed by atoms with van der Waals surface area (Å²) in [5, 5.41) is 23.2. The highest BCUT2D eigenvalue weighted by Gasteiger charge is 2.14. The largest absolute Gasteiger partial charge is 0.508 e. The molecule has 2 aromatic carbocycles. The summed E-state index contributed by atoms with van der Waals surface area (Å²) in [4.78, 5) is 10.1. The van der Waals surface area contributed by atoms with Crippen LogP contribution < -0.4 is 5.32 Å². The Morgan fingerprint density at radius 3 is 2.20 bits per heavy atom. The maximum Gasteiger partial charge on any atom is 0.272 e. The first-order valence-electron chi connectivity index (χ1n) is 5.62. The van der Waals surface area contributed by atoms with Crippen LogP contribution in [0.3, 0.4) is 0 Å². The third-order valence-electron chi connectivity index (χ3n) is 2.64. The zero-order valence-electron chi connectivity index (χ0n) is 10.1. The molecule has 0 radical (unpaired) electrons. The van der Waals surface area contributed by atoms with Crippen molar-refractivity contribution in [1.29, 1.82) is 0 Å². The van der Waals surface area contributed by atoms with Gasteiger partial charge in [-0.15, -0.1) is 0 Å². The van der Waals surface area contributed by atoms with Crippen LogP contribution in [0.4, 0.5) is 11.4 Å². The molecular formula is C13H10Cl2N2O3. The monoisotopic (exact) mass is 312 g/mol. The number of rotatable bonds is 4. The SMILES string of the molecule is O=[N+]([O-])c1cc(Cl)c(NCc2ccc(O)cc2)c(Cl)c1. The fraction of sp³-hybridized carbons (Fsp3) is 0.0769. The lowest BCUT2D eigenvalue weighted by molar-refractivity contribution is -0.384. The Hall–Kier alpha value is -1.98. The number of nitro benzene ring substituents is 1. The van der Waals surface area contributed by atoms with Gasteiger partial charge in [-0.25, -0.2) is 0 Å². The Kier molecular flexibility index (Phi) is 4.32. The van der Waals surface area contributed by atoms with Crippen LogP contribution in [0.5, 0.6) is 5.75 Å². The molecule has 7 heteroatoms. The summed E-state index contributed by atoms with van der Waals surface area (Å²) in [6.07, 6.45) is 0. The highest BCUT2D eigenvalue weighted by atomic mass is 35.5. The Morgan fingerprint density at radius 2 is 1.70 bits per heavy atom. The van der Waals surface area contributed by atoms with Crippen LogP contribution in [0.15, 0.2) is 36.4 Å². The summed E-state index contributed by atoms with van der Waals surface area (Å²) in [5.74, 6) is 0.181. The van der Waals surface area contributed by atoms with Crippen molar-refractivity contribution in [2.45, 2.75) is 6.54 Å². The molecule has 0 unspecified atom stereocenters.